The summed E-state index contributed by atoms with van der Waals surface area (Å²) < 4.78 is 6.51. The Kier molecular flexibility index (Phi) is 4.86. The first-order valence-corrected chi connectivity index (χ1v) is 7.18. The van der Waals surface area contributed by atoms with Gasteiger partial charge in [0.05, 0.1) is 22.6 Å². The van der Waals surface area contributed by atoms with E-state index in [4.69, 9.17) is 27.9 Å². The second-order valence-corrected chi connectivity index (χ2v) is 6.41. The van der Waals surface area contributed by atoms with Crippen molar-refractivity contribution in [1.29, 1.82) is 0 Å². The summed E-state index contributed by atoms with van der Waals surface area (Å²) in [4.78, 5) is 13.8. The van der Waals surface area contributed by atoms with E-state index in [1.54, 1.807) is 18.0 Å². The molecule has 0 radical (unpaired) electrons. The first-order valence-electron chi connectivity index (χ1n) is 5.60. The number of ether oxygens (including phenoxy) is 1. The van der Waals surface area contributed by atoms with Gasteiger partial charge in [-0.15, -0.1) is 11.3 Å². The smallest absolute Gasteiger partial charge is 0.256 e. The first-order chi connectivity index (χ1) is 8.58. The number of likely N-dealkylation sites (N-methyl/N-ethyl adjacent to an activating group) is 1. The van der Waals surface area contributed by atoms with Crippen molar-refractivity contribution in [3.63, 3.8) is 0 Å². The minimum atomic E-state index is -0.127. The highest BCUT2D eigenvalue weighted by atomic mass is 35.5. The normalized spacial score (nSPS) is 19.8. The number of nitrogens with zero attached hydrogens (tertiary/aromatic N) is 1. The van der Waals surface area contributed by atoms with E-state index in [9.17, 15) is 4.79 Å². The molecule has 0 bridgehead atoms. The van der Waals surface area contributed by atoms with E-state index in [2.05, 4.69) is 5.32 Å². The SMILES string of the molecule is CN(CC1CNCCO1)C(=O)c1cc(Cl)sc1Cl. The third kappa shape index (κ3) is 3.36. The molecule has 1 aliphatic heterocycles. The van der Waals surface area contributed by atoms with Gasteiger partial charge in [-0.2, -0.15) is 0 Å². The lowest BCUT2D eigenvalue weighted by Crippen LogP contribution is -2.45. The van der Waals surface area contributed by atoms with Gasteiger partial charge in [0.2, 0.25) is 0 Å². The van der Waals surface area contributed by atoms with E-state index in [0.717, 1.165) is 13.1 Å². The Balaban J connectivity index is 1.97. The average molecular weight is 309 g/mol. The summed E-state index contributed by atoms with van der Waals surface area (Å²) in [6.07, 6.45) is 0.0283. The average Bonchev–Trinajstić information content (AvgIpc) is 2.68. The molecule has 1 atom stereocenters. The molecule has 0 aromatic carbocycles. The van der Waals surface area contributed by atoms with Crippen LogP contribution in [0.1, 0.15) is 10.4 Å². The zero-order chi connectivity index (χ0) is 13.1. The van der Waals surface area contributed by atoms with Crippen molar-refractivity contribution in [2.45, 2.75) is 6.10 Å². The number of thiophene rings is 1. The summed E-state index contributed by atoms with van der Waals surface area (Å²) in [6, 6.07) is 1.60. The van der Waals surface area contributed by atoms with Crippen LogP contribution < -0.4 is 5.32 Å². The molecule has 18 heavy (non-hydrogen) atoms. The molecule has 1 unspecified atom stereocenters. The fourth-order valence-electron chi connectivity index (χ4n) is 1.82. The zero-order valence-corrected chi connectivity index (χ0v) is 12.2. The monoisotopic (exact) mass is 308 g/mol. The van der Waals surface area contributed by atoms with Crippen LogP contribution in [-0.4, -0.2) is 50.2 Å². The Morgan fingerprint density at radius 2 is 2.44 bits per heavy atom. The van der Waals surface area contributed by atoms with Crippen LogP contribution in [0.15, 0.2) is 6.07 Å². The number of nitrogens with one attached hydrogen (secondary N) is 1. The lowest BCUT2D eigenvalue weighted by molar-refractivity contribution is 0.0104. The summed E-state index contributed by atoms with van der Waals surface area (Å²) in [5, 5.41) is 3.23. The molecular formula is C11H14Cl2N2O2S. The van der Waals surface area contributed by atoms with Gasteiger partial charge in [0.25, 0.3) is 5.91 Å². The molecular weight excluding hydrogens is 295 g/mol. The number of hydrogen-bond acceptors (Lipinski definition) is 4. The molecule has 0 spiro atoms. The van der Waals surface area contributed by atoms with E-state index >= 15 is 0 Å². The van der Waals surface area contributed by atoms with Gasteiger partial charge in [-0.3, -0.25) is 4.79 Å². The number of hydrogen-bond donors (Lipinski definition) is 1. The largest absolute Gasteiger partial charge is 0.374 e. The van der Waals surface area contributed by atoms with E-state index < -0.39 is 0 Å². The summed E-state index contributed by atoms with van der Waals surface area (Å²) in [6.45, 7) is 2.84. The van der Waals surface area contributed by atoms with Crippen molar-refractivity contribution in [2.24, 2.45) is 0 Å². The Bertz CT molecular complexity index is 433. The van der Waals surface area contributed by atoms with Gasteiger partial charge in [0.15, 0.2) is 0 Å². The third-order valence-corrected chi connectivity index (χ3v) is 4.20. The van der Waals surface area contributed by atoms with Crippen molar-refractivity contribution in [3.8, 4) is 0 Å². The molecule has 0 saturated carbocycles. The fraction of sp³-hybridized carbons (Fsp3) is 0.545. The maximum atomic E-state index is 12.2. The molecule has 1 aliphatic rings. The van der Waals surface area contributed by atoms with Crippen LogP contribution in [0, 0.1) is 0 Å². The number of morpholine rings is 1. The highest BCUT2D eigenvalue weighted by Gasteiger charge is 2.22. The van der Waals surface area contributed by atoms with Gasteiger partial charge in [-0.25, -0.2) is 0 Å². The number of carbonyl (C=O) groups is 1. The quantitative estimate of drug-likeness (QED) is 0.930. The van der Waals surface area contributed by atoms with Gasteiger partial charge in [-0.1, -0.05) is 23.2 Å². The molecule has 1 aromatic rings. The van der Waals surface area contributed by atoms with Gasteiger partial charge in [-0.05, 0) is 6.07 Å². The lowest BCUT2D eigenvalue weighted by Gasteiger charge is -2.28. The molecule has 1 N–H and O–H groups in total. The molecule has 1 fully saturated rings. The minimum Gasteiger partial charge on any atom is -0.374 e. The topological polar surface area (TPSA) is 41.6 Å². The van der Waals surface area contributed by atoms with Crippen molar-refractivity contribution in [2.75, 3.05) is 33.3 Å². The summed E-state index contributed by atoms with van der Waals surface area (Å²) in [5.41, 5.74) is 0.456. The minimum absolute atomic E-state index is 0.0283. The highest BCUT2D eigenvalue weighted by Crippen LogP contribution is 2.31. The van der Waals surface area contributed by atoms with Crippen molar-refractivity contribution in [3.05, 3.63) is 20.3 Å². The summed E-state index contributed by atoms with van der Waals surface area (Å²) in [7, 11) is 1.74. The van der Waals surface area contributed by atoms with Crippen LogP contribution in [0.4, 0.5) is 0 Å². The summed E-state index contributed by atoms with van der Waals surface area (Å²) in [5.74, 6) is -0.127. The Morgan fingerprint density at radius 3 is 3.00 bits per heavy atom. The molecule has 7 heteroatoms. The Labute approximate surface area is 120 Å². The van der Waals surface area contributed by atoms with Crippen LogP contribution in [0.2, 0.25) is 8.67 Å². The van der Waals surface area contributed by atoms with Crippen LogP contribution in [0.5, 0.6) is 0 Å². The fourth-order valence-corrected chi connectivity index (χ4v) is 3.27. The van der Waals surface area contributed by atoms with Crippen LogP contribution in [0.25, 0.3) is 0 Å². The third-order valence-electron chi connectivity index (χ3n) is 2.72. The van der Waals surface area contributed by atoms with Gasteiger partial charge >= 0.3 is 0 Å². The Hall–Kier alpha value is -0.330. The predicted molar refractivity (Wildman–Crippen MR) is 73.9 cm³/mol. The van der Waals surface area contributed by atoms with Gasteiger partial charge in [0.1, 0.15) is 4.34 Å². The van der Waals surface area contributed by atoms with E-state index in [1.165, 1.54) is 11.3 Å². The zero-order valence-electron chi connectivity index (χ0n) is 9.91. The number of carbonyl (C=O) groups excluding carboxylic acids is 1. The van der Waals surface area contributed by atoms with Gasteiger partial charge in [0, 0.05) is 26.7 Å². The lowest BCUT2D eigenvalue weighted by atomic mass is 10.2. The number of halogens is 2. The molecule has 2 rings (SSSR count). The van der Waals surface area contributed by atoms with Crippen LogP contribution in [0.3, 0.4) is 0 Å². The second-order valence-electron chi connectivity index (χ2n) is 4.12. The maximum Gasteiger partial charge on any atom is 0.256 e. The van der Waals surface area contributed by atoms with Crippen LogP contribution >= 0.6 is 34.5 Å². The molecule has 1 saturated heterocycles. The van der Waals surface area contributed by atoms with E-state index in [-0.39, 0.29) is 12.0 Å². The van der Waals surface area contributed by atoms with Crippen molar-refractivity contribution < 1.29 is 9.53 Å². The first kappa shape index (κ1) is 14.1. The van der Waals surface area contributed by atoms with Gasteiger partial charge < -0.3 is 15.0 Å². The molecule has 1 aromatic heterocycles. The molecule has 100 valence electrons. The van der Waals surface area contributed by atoms with E-state index in [0.29, 0.717) is 27.4 Å². The molecule has 2 heterocycles. The number of amides is 1. The second kappa shape index (κ2) is 6.21. The molecule has 4 nitrogen and oxygen atoms in total. The Morgan fingerprint density at radius 1 is 1.67 bits per heavy atom. The van der Waals surface area contributed by atoms with Crippen molar-refractivity contribution in [1.82, 2.24) is 10.2 Å². The van der Waals surface area contributed by atoms with Crippen LogP contribution in [-0.2, 0) is 4.74 Å². The molecule has 0 aliphatic carbocycles. The predicted octanol–water partition coefficient (Wildman–Crippen LogP) is 2.12. The summed E-state index contributed by atoms with van der Waals surface area (Å²) >= 11 is 13.0. The standard InChI is InChI=1S/C11H14Cl2N2O2S/c1-15(6-7-5-14-2-3-17-7)11(16)8-4-9(12)18-10(8)13/h4,7,14H,2-3,5-6H2,1H3. The number of rotatable bonds is 3. The van der Waals surface area contributed by atoms with E-state index in [1.807, 2.05) is 0 Å². The van der Waals surface area contributed by atoms with Crippen molar-refractivity contribution >= 4 is 40.4 Å². The maximum absolute atomic E-state index is 12.2. The molecule has 1 amide bonds. The highest BCUT2D eigenvalue weighted by molar-refractivity contribution is 7.20.